The van der Waals surface area contributed by atoms with Crippen LogP contribution in [0.3, 0.4) is 0 Å². The number of hydrogen-bond acceptors (Lipinski definition) is 3. The molecule has 0 aliphatic rings. The van der Waals surface area contributed by atoms with Gasteiger partial charge in [0, 0.05) is 12.6 Å². The molecule has 2 aromatic rings. The van der Waals surface area contributed by atoms with Gasteiger partial charge in [-0.05, 0) is 19.1 Å². The van der Waals surface area contributed by atoms with Gasteiger partial charge in [0.05, 0.1) is 5.39 Å². The van der Waals surface area contributed by atoms with E-state index in [0.717, 1.165) is 10.4 Å². The van der Waals surface area contributed by atoms with Crippen molar-refractivity contribution in [2.45, 2.75) is 13.8 Å². The first-order chi connectivity index (χ1) is 6.59. The van der Waals surface area contributed by atoms with Gasteiger partial charge in [0.25, 0.3) is 5.56 Å². The van der Waals surface area contributed by atoms with Crippen LogP contribution in [-0.4, -0.2) is 20.7 Å². The summed E-state index contributed by atoms with van der Waals surface area (Å²) in [7, 11) is 0. The SMILES string of the molecule is CC(=O)n1[nH]c2nc(C)ccc2c1=O. The molecule has 14 heavy (non-hydrogen) atoms. The Hall–Kier alpha value is -1.91. The normalized spacial score (nSPS) is 10.7. The second-order valence-corrected chi connectivity index (χ2v) is 3.12. The number of H-pyrrole nitrogens is 1. The molecule has 0 saturated carbocycles. The first-order valence-corrected chi connectivity index (χ1v) is 4.19. The van der Waals surface area contributed by atoms with E-state index in [0.29, 0.717) is 11.0 Å². The quantitative estimate of drug-likeness (QED) is 0.666. The zero-order chi connectivity index (χ0) is 10.3. The third-order valence-corrected chi connectivity index (χ3v) is 2.00. The molecule has 0 atom stereocenters. The molecule has 0 fully saturated rings. The number of pyridine rings is 1. The summed E-state index contributed by atoms with van der Waals surface area (Å²) in [6.07, 6.45) is 0. The zero-order valence-corrected chi connectivity index (χ0v) is 7.87. The molecule has 2 heterocycles. The number of nitrogens with zero attached hydrogens (tertiary/aromatic N) is 2. The lowest BCUT2D eigenvalue weighted by Gasteiger charge is -1.90. The summed E-state index contributed by atoms with van der Waals surface area (Å²) in [6.45, 7) is 3.15. The van der Waals surface area contributed by atoms with E-state index in [1.165, 1.54) is 6.92 Å². The molecule has 0 unspecified atom stereocenters. The third kappa shape index (κ3) is 1.14. The van der Waals surface area contributed by atoms with Gasteiger partial charge in [-0.2, -0.15) is 4.68 Å². The monoisotopic (exact) mass is 191 g/mol. The van der Waals surface area contributed by atoms with Crippen LogP contribution in [0.25, 0.3) is 11.0 Å². The van der Waals surface area contributed by atoms with Gasteiger partial charge in [0.15, 0.2) is 5.65 Å². The number of fused-ring (bicyclic) bond motifs is 1. The van der Waals surface area contributed by atoms with Gasteiger partial charge in [-0.25, -0.2) is 4.98 Å². The molecule has 0 aliphatic heterocycles. The van der Waals surface area contributed by atoms with E-state index in [1.807, 2.05) is 6.92 Å². The van der Waals surface area contributed by atoms with Gasteiger partial charge in [-0.15, -0.1) is 0 Å². The van der Waals surface area contributed by atoms with Crippen molar-refractivity contribution in [2.75, 3.05) is 0 Å². The molecule has 0 spiro atoms. The van der Waals surface area contributed by atoms with E-state index in [2.05, 4.69) is 10.1 Å². The number of aromatic amines is 1. The Kier molecular flexibility index (Phi) is 1.73. The molecule has 0 aliphatic carbocycles. The average molecular weight is 191 g/mol. The Labute approximate surface area is 79.4 Å². The number of carbonyl (C=O) groups is 1. The lowest BCUT2D eigenvalue weighted by Crippen LogP contribution is -2.21. The summed E-state index contributed by atoms with van der Waals surface area (Å²) in [5.74, 6) is -0.342. The summed E-state index contributed by atoms with van der Waals surface area (Å²) in [5, 5.41) is 3.08. The highest BCUT2D eigenvalue weighted by Crippen LogP contribution is 2.04. The second-order valence-electron chi connectivity index (χ2n) is 3.12. The summed E-state index contributed by atoms with van der Waals surface area (Å²) < 4.78 is 0.955. The fourth-order valence-corrected chi connectivity index (χ4v) is 1.31. The smallest absolute Gasteiger partial charge is 0.273 e. The van der Waals surface area contributed by atoms with E-state index in [-0.39, 0.29) is 11.5 Å². The van der Waals surface area contributed by atoms with Crippen LogP contribution in [0.5, 0.6) is 0 Å². The number of carbonyl (C=O) groups excluding carboxylic acids is 1. The molecule has 0 aromatic carbocycles. The number of hydrogen-bond donors (Lipinski definition) is 1. The predicted molar refractivity (Wildman–Crippen MR) is 51.4 cm³/mol. The summed E-state index contributed by atoms with van der Waals surface area (Å²) in [6, 6.07) is 3.40. The molecular formula is C9H9N3O2. The minimum absolute atomic E-state index is 0.342. The molecule has 0 saturated heterocycles. The van der Waals surface area contributed by atoms with Crippen LogP contribution in [0.2, 0.25) is 0 Å². The van der Waals surface area contributed by atoms with E-state index in [4.69, 9.17) is 0 Å². The maximum Gasteiger partial charge on any atom is 0.283 e. The minimum Gasteiger partial charge on any atom is -0.273 e. The van der Waals surface area contributed by atoms with E-state index in [1.54, 1.807) is 12.1 Å². The lowest BCUT2D eigenvalue weighted by molar-refractivity contribution is 0.0918. The molecule has 2 aromatic heterocycles. The van der Waals surface area contributed by atoms with E-state index < -0.39 is 0 Å². The summed E-state index contributed by atoms with van der Waals surface area (Å²) in [4.78, 5) is 26.7. The first kappa shape index (κ1) is 8.68. The van der Waals surface area contributed by atoms with Crippen molar-refractivity contribution < 1.29 is 4.79 Å². The fraction of sp³-hybridized carbons (Fsp3) is 0.222. The number of aromatic nitrogens is 3. The van der Waals surface area contributed by atoms with Crippen molar-refractivity contribution in [3.8, 4) is 0 Å². The maximum atomic E-state index is 11.6. The van der Waals surface area contributed by atoms with Crippen molar-refractivity contribution in [3.05, 3.63) is 28.2 Å². The van der Waals surface area contributed by atoms with Gasteiger partial charge >= 0.3 is 0 Å². The van der Waals surface area contributed by atoms with Crippen LogP contribution >= 0.6 is 0 Å². The van der Waals surface area contributed by atoms with E-state index >= 15 is 0 Å². The zero-order valence-electron chi connectivity index (χ0n) is 7.87. The highest BCUT2D eigenvalue weighted by molar-refractivity contribution is 5.82. The summed E-state index contributed by atoms with van der Waals surface area (Å²) in [5.41, 5.74) is 0.902. The van der Waals surface area contributed by atoms with Crippen LogP contribution in [0, 0.1) is 6.92 Å². The molecule has 72 valence electrons. The topological polar surface area (TPSA) is 67.8 Å². The molecule has 0 bridgehead atoms. The first-order valence-electron chi connectivity index (χ1n) is 4.19. The van der Waals surface area contributed by atoms with Gasteiger partial charge < -0.3 is 0 Å². The van der Waals surface area contributed by atoms with Crippen molar-refractivity contribution >= 4 is 16.9 Å². The van der Waals surface area contributed by atoms with Crippen molar-refractivity contribution in [1.82, 2.24) is 14.8 Å². The Morgan fingerprint density at radius 2 is 2.21 bits per heavy atom. The van der Waals surface area contributed by atoms with Gasteiger partial charge in [-0.3, -0.25) is 14.7 Å². The molecular weight excluding hydrogens is 182 g/mol. The average Bonchev–Trinajstić information content (AvgIpc) is 2.43. The lowest BCUT2D eigenvalue weighted by atomic mass is 10.3. The van der Waals surface area contributed by atoms with Gasteiger partial charge in [0.2, 0.25) is 5.91 Å². The van der Waals surface area contributed by atoms with E-state index in [9.17, 15) is 9.59 Å². The van der Waals surface area contributed by atoms with Crippen molar-refractivity contribution in [2.24, 2.45) is 0 Å². The Morgan fingerprint density at radius 3 is 2.86 bits per heavy atom. The molecule has 0 amide bonds. The van der Waals surface area contributed by atoms with Crippen LogP contribution in [0.15, 0.2) is 16.9 Å². The van der Waals surface area contributed by atoms with Crippen molar-refractivity contribution in [3.63, 3.8) is 0 Å². The Balaban J connectivity index is 2.87. The van der Waals surface area contributed by atoms with Crippen LogP contribution in [0.1, 0.15) is 17.4 Å². The van der Waals surface area contributed by atoms with Crippen molar-refractivity contribution in [1.29, 1.82) is 0 Å². The molecule has 1 N–H and O–H groups in total. The molecule has 5 nitrogen and oxygen atoms in total. The highest BCUT2D eigenvalue weighted by Gasteiger charge is 2.09. The standard InChI is InChI=1S/C9H9N3O2/c1-5-3-4-7-8(10-5)11-12(6(2)13)9(7)14/h3-4H,1-2H3,(H,10,11). The highest BCUT2D eigenvalue weighted by atomic mass is 16.2. The Bertz CT molecular complexity index is 565. The molecule has 2 rings (SSSR count). The number of aryl methyl sites for hydroxylation is 1. The number of rotatable bonds is 0. The fourth-order valence-electron chi connectivity index (χ4n) is 1.31. The maximum absolute atomic E-state index is 11.6. The third-order valence-electron chi connectivity index (χ3n) is 2.00. The van der Waals surface area contributed by atoms with Gasteiger partial charge in [-0.1, -0.05) is 0 Å². The largest absolute Gasteiger partial charge is 0.283 e. The van der Waals surface area contributed by atoms with Crippen LogP contribution in [-0.2, 0) is 0 Å². The van der Waals surface area contributed by atoms with Crippen LogP contribution < -0.4 is 5.56 Å². The second kappa shape index (κ2) is 2.80. The molecule has 5 heteroatoms. The summed E-state index contributed by atoms with van der Waals surface area (Å²) >= 11 is 0. The predicted octanol–water partition coefficient (Wildman–Crippen LogP) is 0.693. The Morgan fingerprint density at radius 1 is 1.50 bits per heavy atom. The molecule has 0 radical (unpaired) electrons. The number of nitrogens with one attached hydrogen (secondary N) is 1. The minimum atomic E-state index is -0.347. The van der Waals surface area contributed by atoms with Gasteiger partial charge in [0.1, 0.15) is 0 Å². The van der Waals surface area contributed by atoms with Crippen LogP contribution in [0.4, 0.5) is 0 Å².